The van der Waals surface area contributed by atoms with Crippen molar-refractivity contribution in [2.75, 3.05) is 13.6 Å². The van der Waals surface area contributed by atoms with Gasteiger partial charge in [0.05, 0.1) is 4.91 Å². The third-order valence-corrected chi connectivity index (χ3v) is 6.85. The number of hydrogen-bond donors (Lipinski definition) is 1. The second kappa shape index (κ2) is 8.55. The number of thiocarbonyl (C=S) groups is 1. The van der Waals surface area contributed by atoms with E-state index in [9.17, 15) is 14.4 Å². The van der Waals surface area contributed by atoms with Crippen molar-refractivity contribution in [2.45, 2.75) is 6.54 Å². The van der Waals surface area contributed by atoms with Crippen LogP contribution in [0.25, 0.3) is 17.0 Å². The molecule has 3 aromatic rings. The Morgan fingerprint density at radius 2 is 2.03 bits per heavy atom. The van der Waals surface area contributed by atoms with Gasteiger partial charge in [-0.15, -0.1) is 11.3 Å². The molecular weight excluding hydrogens is 438 g/mol. The van der Waals surface area contributed by atoms with E-state index in [4.69, 9.17) is 12.2 Å². The van der Waals surface area contributed by atoms with Gasteiger partial charge in [0.2, 0.25) is 11.5 Å². The van der Waals surface area contributed by atoms with Crippen molar-refractivity contribution in [1.29, 1.82) is 0 Å². The zero-order valence-electron chi connectivity index (χ0n) is 16.0. The Morgan fingerprint density at radius 3 is 2.80 bits per heavy atom. The molecule has 0 unspecified atom stereocenters. The predicted octanol–water partition coefficient (Wildman–Crippen LogP) is 3.45. The average Bonchev–Trinajstić information content (AvgIpc) is 3.32. The summed E-state index contributed by atoms with van der Waals surface area (Å²) in [5.74, 6) is -0.519. The fraction of sp³-hybridized carbons (Fsp3) is 0.143. The SMILES string of the molecule is CN(Cc1cc(=O)[nH]c2ccccc12)C(=O)CN1C(=O)/C(=C\c2cccs2)SC1=S. The lowest BCUT2D eigenvalue weighted by molar-refractivity contribution is -0.134. The molecule has 0 atom stereocenters. The van der Waals surface area contributed by atoms with E-state index in [1.165, 1.54) is 39.0 Å². The predicted molar refractivity (Wildman–Crippen MR) is 125 cm³/mol. The van der Waals surface area contributed by atoms with Gasteiger partial charge >= 0.3 is 0 Å². The van der Waals surface area contributed by atoms with Crippen molar-refractivity contribution >= 4 is 68.4 Å². The number of nitrogens with one attached hydrogen (secondary N) is 1. The quantitative estimate of drug-likeness (QED) is 0.471. The van der Waals surface area contributed by atoms with Crippen LogP contribution in [0.2, 0.25) is 0 Å². The van der Waals surface area contributed by atoms with Crippen LogP contribution < -0.4 is 5.56 Å². The first-order valence-electron chi connectivity index (χ1n) is 9.06. The number of fused-ring (bicyclic) bond motifs is 1. The Bertz CT molecular complexity index is 1230. The summed E-state index contributed by atoms with van der Waals surface area (Å²) in [5.41, 5.74) is 1.24. The van der Waals surface area contributed by atoms with Gasteiger partial charge in [-0.1, -0.05) is 48.2 Å². The first kappa shape index (κ1) is 20.5. The minimum absolute atomic E-state index is 0.135. The van der Waals surface area contributed by atoms with Gasteiger partial charge in [-0.2, -0.15) is 0 Å². The Balaban J connectivity index is 1.48. The molecule has 1 saturated heterocycles. The zero-order valence-corrected chi connectivity index (χ0v) is 18.4. The van der Waals surface area contributed by atoms with Gasteiger partial charge in [-0.3, -0.25) is 19.3 Å². The van der Waals surface area contributed by atoms with E-state index in [1.54, 1.807) is 13.1 Å². The smallest absolute Gasteiger partial charge is 0.266 e. The van der Waals surface area contributed by atoms with E-state index in [1.807, 2.05) is 41.8 Å². The number of aromatic nitrogens is 1. The number of para-hydroxylation sites is 1. The minimum Gasteiger partial charge on any atom is -0.340 e. The Hall–Kier alpha value is -2.75. The molecule has 2 amide bonds. The lowest BCUT2D eigenvalue weighted by atomic mass is 10.1. The highest BCUT2D eigenvalue weighted by molar-refractivity contribution is 8.26. The van der Waals surface area contributed by atoms with E-state index in [0.29, 0.717) is 9.23 Å². The number of H-pyrrole nitrogens is 1. The standard InChI is InChI=1S/C21H17N3O3S3/c1-23(11-13-9-18(25)22-16-7-3-2-6-15(13)16)19(26)12-24-20(27)17(30-21(24)28)10-14-5-4-8-29-14/h2-10H,11-12H2,1H3,(H,22,25)/b17-10+. The van der Waals surface area contributed by atoms with Crippen molar-refractivity contribution in [2.24, 2.45) is 0 Å². The van der Waals surface area contributed by atoms with Crippen LogP contribution in [-0.2, 0) is 16.1 Å². The van der Waals surface area contributed by atoms with Crippen LogP contribution in [0.1, 0.15) is 10.4 Å². The molecular formula is C21H17N3O3S3. The highest BCUT2D eigenvalue weighted by atomic mass is 32.2. The molecule has 1 aliphatic heterocycles. The van der Waals surface area contributed by atoms with Gasteiger partial charge < -0.3 is 9.88 Å². The summed E-state index contributed by atoms with van der Waals surface area (Å²) in [7, 11) is 1.65. The van der Waals surface area contributed by atoms with E-state index >= 15 is 0 Å². The van der Waals surface area contributed by atoms with Crippen LogP contribution in [0.15, 0.2) is 57.5 Å². The van der Waals surface area contributed by atoms with Crippen LogP contribution in [0.3, 0.4) is 0 Å². The number of aromatic amines is 1. The van der Waals surface area contributed by atoms with Gasteiger partial charge in [0.25, 0.3) is 5.91 Å². The second-order valence-electron chi connectivity index (χ2n) is 6.74. The summed E-state index contributed by atoms with van der Waals surface area (Å²) in [5, 5.41) is 2.81. The fourth-order valence-electron chi connectivity index (χ4n) is 3.15. The molecule has 0 radical (unpaired) electrons. The van der Waals surface area contributed by atoms with Crippen molar-refractivity contribution in [3.8, 4) is 0 Å². The molecule has 1 N–H and O–H groups in total. The highest BCUT2D eigenvalue weighted by Crippen LogP contribution is 2.33. The monoisotopic (exact) mass is 455 g/mol. The number of rotatable bonds is 5. The van der Waals surface area contributed by atoms with Gasteiger partial charge in [0.15, 0.2) is 0 Å². The number of carbonyl (C=O) groups is 2. The third-order valence-electron chi connectivity index (χ3n) is 4.65. The molecule has 1 fully saturated rings. The van der Waals surface area contributed by atoms with E-state index in [2.05, 4.69) is 4.98 Å². The molecule has 30 heavy (non-hydrogen) atoms. The van der Waals surface area contributed by atoms with Crippen LogP contribution in [0.5, 0.6) is 0 Å². The van der Waals surface area contributed by atoms with Gasteiger partial charge in [-0.05, 0) is 29.2 Å². The molecule has 152 valence electrons. The zero-order chi connectivity index (χ0) is 21.3. The Morgan fingerprint density at radius 1 is 1.23 bits per heavy atom. The van der Waals surface area contributed by atoms with Gasteiger partial charge in [0.1, 0.15) is 10.9 Å². The number of benzene rings is 1. The Kier molecular flexibility index (Phi) is 5.85. The fourth-order valence-corrected chi connectivity index (χ4v) is 5.12. The Labute approximate surface area is 186 Å². The van der Waals surface area contributed by atoms with Gasteiger partial charge in [-0.25, -0.2) is 0 Å². The largest absolute Gasteiger partial charge is 0.340 e. The summed E-state index contributed by atoms with van der Waals surface area (Å²) in [6.07, 6.45) is 1.79. The van der Waals surface area contributed by atoms with Crippen molar-refractivity contribution in [1.82, 2.24) is 14.8 Å². The molecule has 1 aliphatic rings. The highest BCUT2D eigenvalue weighted by Gasteiger charge is 2.34. The molecule has 9 heteroatoms. The molecule has 6 nitrogen and oxygen atoms in total. The number of thioether (sulfide) groups is 1. The molecule has 4 rings (SSSR count). The summed E-state index contributed by atoms with van der Waals surface area (Å²) in [6.45, 7) is 0.118. The number of likely N-dealkylation sites (N-methyl/N-ethyl adjacent to an activating group) is 1. The maximum atomic E-state index is 12.8. The van der Waals surface area contributed by atoms with E-state index in [0.717, 1.165) is 21.3 Å². The van der Waals surface area contributed by atoms with E-state index in [-0.39, 0.29) is 30.5 Å². The molecule has 0 saturated carbocycles. The normalized spacial score (nSPS) is 15.4. The topological polar surface area (TPSA) is 73.5 Å². The number of hydrogen-bond acceptors (Lipinski definition) is 6. The summed E-state index contributed by atoms with van der Waals surface area (Å²) in [6, 6.07) is 12.8. The maximum absolute atomic E-state index is 12.8. The molecule has 3 heterocycles. The van der Waals surface area contributed by atoms with Crippen LogP contribution in [-0.4, -0.2) is 44.5 Å². The van der Waals surface area contributed by atoms with Crippen LogP contribution >= 0.6 is 35.3 Å². The van der Waals surface area contributed by atoms with Crippen molar-refractivity contribution < 1.29 is 9.59 Å². The third kappa shape index (κ3) is 4.23. The summed E-state index contributed by atoms with van der Waals surface area (Å²) >= 11 is 8.05. The molecule has 0 bridgehead atoms. The first-order chi connectivity index (χ1) is 14.4. The van der Waals surface area contributed by atoms with Crippen LogP contribution in [0, 0.1) is 0 Å². The van der Waals surface area contributed by atoms with Crippen molar-refractivity contribution in [3.05, 3.63) is 73.5 Å². The van der Waals surface area contributed by atoms with Gasteiger partial charge in [0, 0.05) is 35.4 Å². The molecule has 1 aromatic carbocycles. The molecule has 0 aliphatic carbocycles. The molecule has 0 spiro atoms. The lowest BCUT2D eigenvalue weighted by Gasteiger charge is -2.21. The minimum atomic E-state index is -0.262. The average molecular weight is 456 g/mol. The number of amides is 2. The molecule has 2 aromatic heterocycles. The number of thiophene rings is 1. The first-order valence-corrected chi connectivity index (χ1v) is 11.2. The van der Waals surface area contributed by atoms with Crippen LogP contribution in [0.4, 0.5) is 0 Å². The van der Waals surface area contributed by atoms with E-state index < -0.39 is 0 Å². The summed E-state index contributed by atoms with van der Waals surface area (Å²) in [4.78, 5) is 44.6. The summed E-state index contributed by atoms with van der Waals surface area (Å²) < 4.78 is 0.367. The number of pyridine rings is 1. The lowest BCUT2D eigenvalue weighted by Crippen LogP contribution is -2.40. The second-order valence-corrected chi connectivity index (χ2v) is 9.39. The maximum Gasteiger partial charge on any atom is 0.266 e. The number of carbonyl (C=O) groups excluding carboxylic acids is 2. The van der Waals surface area contributed by atoms with Crippen molar-refractivity contribution in [3.63, 3.8) is 0 Å². The number of nitrogens with zero attached hydrogens (tertiary/aromatic N) is 2.